The Hall–Kier alpha value is -2.48. The van der Waals surface area contributed by atoms with Gasteiger partial charge in [-0.1, -0.05) is 33.8 Å². The second-order valence-corrected chi connectivity index (χ2v) is 11.0. The first-order chi connectivity index (χ1) is 15.4. The van der Waals surface area contributed by atoms with Crippen LogP contribution in [0.2, 0.25) is 0 Å². The predicted molar refractivity (Wildman–Crippen MR) is 122 cm³/mol. The number of rotatable bonds is 3. The summed E-state index contributed by atoms with van der Waals surface area (Å²) in [5.74, 6) is -1.09. The molecule has 0 saturated heterocycles. The molecule has 33 heavy (non-hydrogen) atoms. The van der Waals surface area contributed by atoms with E-state index >= 15 is 0 Å². The zero-order valence-electron chi connectivity index (χ0n) is 19.8. The Labute approximate surface area is 192 Å². The van der Waals surface area contributed by atoms with Gasteiger partial charge >= 0.3 is 11.7 Å². The van der Waals surface area contributed by atoms with E-state index in [0.29, 0.717) is 12.8 Å². The van der Waals surface area contributed by atoms with E-state index in [1.807, 2.05) is 25.8 Å². The van der Waals surface area contributed by atoms with Gasteiger partial charge in [-0.05, 0) is 42.9 Å². The molecular weight excluding hydrogens is 424 g/mol. The first-order valence-corrected chi connectivity index (χ1v) is 11.8. The number of ketones is 1. The zero-order chi connectivity index (χ0) is 24.3. The van der Waals surface area contributed by atoms with Crippen LogP contribution < -0.4 is 11.2 Å². The third-order valence-corrected chi connectivity index (χ3v) is 9.59. The van der Waals surface area contributed by atoms with Crippen molar-refractivity contribution in [2.75, 3.05) is 0 Å². The van der Waals surface area contributed by atoms with Crippen molar-refractivity contribution in [3.8, 4) is 0 Å². The molecule has 3 saturated carbocycles. The minimum Gasteiger partial charge on any atom is -0.458 e. The van der Waals surface area contributed by atoms with E-state index in [-0.39, 0.29) is 40.9 Å². The average Bonchev–Trinajstić information content (AvgIpc) is 3.12. The second kappa shape index (κ2) is 7.79. The highest BCUT2D eigenvalue weighted by Crippen LogP contribution is 2.68. The number of carbonyl (C=O) groups is 2. The molecule has 0 amide bonds. The number of aromatic amines is 2. The quantitative estimate of drug-likeness (QED) is 0.472. The number of Topliss-reactive ketones (excluding diaryl/α,β-unsaturated/α-hetero) is 1. The van der Waals surface area contributed by atoms with Crippen LogP contribution in [-0.4, -0.2) is 39.0 Å². The van der Waals surface area contributed by atoms with Gasteiger partial charge < -0.3 is 14.8 Å². The van der Waals surface area contributed by atoms with Gasteiger partial charge in [0.15, 0.2) is 0 Å². The van der Waals surface area contributed by atoms with Crippen molar-refractivity contribution in [1.29, 1.82) is 0 Å². The lowest BCUT2D eigenvalue weighted by atomic mass is 9.44. The Morgan fingerprint density at radius 2 is 1.94 bits per heavy atom. The minimum absolute atomic E-state index is 0.0841. The second-order valence-electron chi connectivity index (χ2n) is 11.0. The summed E-state index contributed by atoms with van der Waals surface area (Å²) < 4.78 is 6.03. The fourth-order valence-corrected chi connectivity index (χ4v) is 7.26. The summed E-state index contributed by atoms with van der Waals surface area (Å²) in [5.41, 5.74) is -3.65. The molecule has 8 heteroatoms. The van der Waals surface area contributed by atoms with Crippen LogP contribution in [-0.2, 0) is 9.53 Å². The number of H-pyrrole nitrogens is 2. The van der Waals surface area contributed by atoms with Crippen molar-refractivity contribution >= 4 is 11.8 Å². The first kappa shape index (κ1) is 23.7. The largest absolute Gasteiger partial charge is 0.458 e. The van der Waals surface area contributed by atoms with Crippen LogP contribution in [0.3, 0.4) is 0 Å². The fraction of sp³-hybridized carbons (Fsp3) is 0.680. The fourth-order valence-electron chi connectivity index (χ4n) is 7.26. The van der Waals surface area contributed by atoms with E-state index in [9.17, 15) is 24.3 Å². The van der Waals surface area contributed by atoms with Gasteiger partial charge in [-0.25, -0.2) is 9.59 Å². The van der Waals surface area contributed by atoms with Crippen LogP contribution in [0, 0.1) is 34.0 Å². The van der Waals surface area contributed by atoms with Crippen molar-refractivity contribution in [1.82, 2.24) is 9.97 Å². The van der Waals surface area contributed by atoms with Crippen molar-refractivity contribution < 1.29 is 19.4 Å². The molecule has 180 valence electrons. The first-order valence-electron chi connectivity index (χ1n) is 11.8. The molecule has 8 atom stereocenters. The number of hydrogen-bond donors (Lipinski definition) is 3. The Kier molecular flexibility index (Phi) is 5.59. The van der Waals surface area contributed by atoms with Crippen LogP contribution >= 0.6 is 0 Å². The monoisotopic (exact) mass is 458 g/mol. The maximum atomic E-state index is 13.4. The zero-order valence-corrected chi connectivity index (χ0v) is 19.8. The molecule has 0 radical (unpaired) electrons. The van der Waals surface area contributed by atoms with Crippen molar-refractivity contribution in [2.45, 2.75) is 72.0 Å². The minimum atomic E-state index is -0.859. The number of esters is 1. The lowest BCUT2D eigenvalue weighted by molar-refractivity contribution is -0.192. The van der Waals surface area contributed by atoms with Crippen molar-refractivity contribution in [3.05, 3.63) is 45.3 Å². The highest BCUT2D eigenvalue weighted by molar-refractivity contribution is 5.89. The summed E-state index contributed by atoms with van der Waals surface area (Å²) in [6, 6.07) is 0. The standard InChI is InChI=1S/C25H34N2O6/c1-6-23(4)11-17(33-21(31)15-12-26-22(32)27-20(15)30)24(5)13(2)7-9-25(14(3)19(23)29)10-8-16(28)18(24)25/h6,12-14,17-19,29H,1,7-11H2,2-5H3,(H2,26,27,30,32)/t13?,14-,17+,18?,19-,23+,24-,25?/m0/s1. The van der Waals surface area contributed by atoms with Crippen LogP contribution in [0.5, 0.6) is 0 Å². The Morgan fingerprint density at radius 3 is 2.58 bits per heavy atom. The number of aliphatic hydroxyl groups is 1. The van der Waals surface area contributed by atoms with Gasteiger partial charge in [0.25, 0.3) is 5.56 Å². The lowest BCUT2D eigenvalue weighted by Gasteiger charge is -2.61. The van der Waals surface area contributed by atoms with Gasteiger partial charge in [0.05, 0.1) is 6.10 Å². The van der Waals surface area contributed by atoms with Crippen LogP contribution in [0.25, 0.3) is 0 Å². The highest BCUT2D eigenvalue weighted by atomic mass is 16.5. The summed E-state index contributed by atoms with van der Waals surface area (Å²) in [4.78, 5) is 54.5. The van der Waals surface area contributed by atoms with E-state index in [2.05, 4.69) is 18.5 Å². The van der Waals surface area contributed by atoms with E-state index < -0.39 is 40.3 Å². The third-order valence-electron chi connectivity index (χ3n) is 9.59. The van der Waals surface area contributed by atoms with E-state index in [1.54, 1.807) is 6.08 Å². The Balaban J connectivity index is 1.86. The highest BCUT2D eigenvalue weighted by Gasteiger charge is 2.68. The molecule has 2 bridgehead atoms. The molecular formula is C25H34N2O6. The maximum Gasteiger partial charge on any atom is 0.345 e. The smallest absolute Gasteiger partial charge is 0.345 e. The number of aromatic nitrogens is 2. The van der Waals surface area contributed by atoms with E-state index in [0.717, 1.165) is 19.0 Å². The maximum absolute atomic E-state index is 13.4. The van der Waals surface area contributed by atoms with E-state index in [4.69, 9.17) is 4.74 Å². The van der Waals surface area contributed by atoms with Gasteiger partial charge in [-0.15, -0.1) is 6.58 Å². The summed E-state index contributed by atoms with van der Waals surface area (Å²) in [7, 11) is 0. The van der Waals surface area contributed by atoms with Crippen LogP contribution in [0.15, 0.2) is 28.4 Å². The Bertz CT molecular complexity index is 1110. The third kappa shape index (κ3) is 3.28. The topological polar surface area (TPSA) is 129 Å². The SMILES string of the molecule is C=C[C@]1(C)C[C@@H](OC(=O)c2c[nH]c(=O)[nH]c2=O)[C@]2(C)C(C)CCC3(CCC(=O)C32)[C@@H](C)[C@@H]1O. The number of aliphatic hydroxyl groups excluding tert-OH is 1. The average molecular weight is 459 g/mol. The molecule has 0 spiro atoms. The molecule has 1 aromatic rings. The summed E-state index contributed by atoms with van der Waals surface area (Å²) >= 11 is 0. The molecule has 0 aliphatic heterocycles. The molecule has 4 rings (SSSR count). The molecule has 3 fully saturated rings. The predicted octanol–water partition coefficient (Wildman–Crippen LogP) is 2.58. The van der Waals surface area contributed by atoms with Crippen molar-refractivity contribution in [3.63, 3.8) is 0 Å². The van der Waals surface area contributed by atoms with Crippen molar-refractivity contribution in [2.24, 2.45) is 34.0 Å². The van der Waals surface area contributed by atoms with Gasteiger partial charge in [0.2, 0.25) is 0 Å². The summed E-state index contributed by atoms with van der Waals surface area (Å²) in [6.45, 7) is 12.1. The number of ether oxygens (including phenoxy) is 1. The normalized spacial score (nSPS) is 42.7. The molecule has 0 aromatic carbocycles. The molecule has 3 aliphatic carbocycles. The van der Waals surface area contributed by atoms with Gasteiger partial charge in [0, 0.05) is 29.4 Å². The van der Waals surface area contributed by atoms with Crippen LogP contribution in [0.1, 0.15) is 70.2 Å². The molecule has 3 unspecified atom stereocenters. The molecule has 8 nitrogen and oxygen atoms in total. The molecule has 1 heterocycles. The lowest BCUT2D eigenvalue weighted by Crippen LogP contribution is -2.63. The van der Waals surface area contributed by atoms with Crippen LogP contribution in [0.4, 0.5) is 0 Å². The summed E-state index contributed by atoms with van der Waals surface area (Å²) in [5, 5.41) is 11.5. The molecule has 3 aliphatic rings. The van der Waals surface area contributed by atoms with Gasteiger partial charge in [-0.3, -0.25) is 14.6 Å². The van der Waals surface area contributed by atoms with Gasteiger partial charge in [-0.2, -0.15) is 0 Å². The number of hydrogen-bond acceptors (Lipinski definition) is 6. The summed E-state index contributed by atoms with van der Waals surface area (Å²) in [6.07, 6.45) is 4.41. The Morgan fingerprint density at radius 1 is 1.24 bits per heavy atom. The number of nitrogens with one attached hydrogen (secondary N) is 2. The van der Waals surface area contributed by atoms with E-state index in [1.165, 1.54) is 0 Å². The number of carbonyl (C=O) groups excluding carboxylic acids is 2. The van der Waals surface area contributed by atoms with Gasteiger partial charge in [0.1, 0.15) is 17.5 Å². The molecule has 1 aromatic heterocycles. The molecule has 3 N–H and O–H groups in total.